The van der Waals surface area contributed by atoms with Crippen LogP contribution in [0, 0.1) is 11.7 Å². The Bertz CT molecular complexity index is 1040. The van der Waals surface area contributed by atoms with Gasteiger partial charge in [-0.2, -0.15) is 0 Å². The average molecular weight is 446 g/mol. The Kier molecular flexibility index (Phi) is 5.66. The number of phenols is 1. The van der Waals surface area contributed by atoms with Crippen molar-refractivity contribution in [1.82, 2.24) is 4.90 Å². The molecule has 0 saturated carbocycles. The lowest BCUT2D eigenvalue weighted by molar-refractivity contribution is -0.126. The van der Waals surface area contributed by atoms with Crippen LogP contribution in [-0.4, -0.2) is 48.5 Å². The molecule has 1 unspecified atom stereocenters. The number of hydrogen-bond acceptors (Lipinski definition) is 4. The summed E-state index contributed by atoms with van der Waals surface area (Å²) in [7, 11) is 1.72. The SMILES string of the molecule is CN1C(=O)C2(CCN(CC(Cc3cc(O)ccc3Cl)C(N)=O)CC2)c2cc(F)ccc21. The maximum atomic E-state index is 13.9. The van der Waals surface area contributed by atoms with Gasteiger partial charge < -0.3 is 20.6 Å². The van der Waals surface area contributed by atoms with Crippen molar-refractivity contribution in [2.24, 2.45) is 11.7 Å². The van der Waals surface area contributed by atoms with Crippen molar-refractivity contribution in [2.45, 2.75) is 24.7 Å². The van der Waals surface area contributed by atoms with Crippen LogP contribution in [0.3, 0.4) is 0 Å². The highest BCUT2D eigenvalue weighted by Crippen LogP contribution is 2.47. The maximum absolute atomic E-state index is 13.9. The summed E-state index contributed by atoms with van der Waals surface area (Å²) in [6.45, 7) is 1.61. The lowest BCUT2D eigenvalue weighted by Gasteiger charge is -2.39. The van der Waals surface area contributed by atoms with Crippen LogP contribution in [0.2, 0.25) is 5.02 Å². The van der Waals surface area contributed by atoms with E-state index in [0.29, 0.717) is 49.5 Å². The van der Waals surface area contributed by atoms with E-state index in [1.165, 1.54) is 18.2 Å². The maximum Gasteiger partial charge on any atom is 0.237 e. The fourth-order valence-electron chi connectivity index (χ4n) is 4.88. The third-order valence-corrected chi connectivity index (χ3v) is 7.00. The van der Waals surface area contributed by atoms with Crippen LogP contribution in [0.1, 0.15) is 24.0 Å². The summed E-state index contributed by atoms with van der Waals surface area (Å²) in [5, 5.41) is 10.2. The van der Waals surface area contributed by atoms with Gasteiger partial charge in [0.1, 0.15) is 11.6 Å². The zero-order valence-electron chi connectivity index (χ0n) is 17.3. The van der Waals surface area contributed by atoms with E-state index in [4.69, 9.17) is 17.3 Å². The van der Waals surface area contributed by atoms with E-state index in [2.05, 4.69) is 4.90 Å². The second-order valence-corrected chi connectivity index (χ2v) is 8.89. The quantitative estimate of drug-likeness (QED) is 0.740. The molecule has 31 heavy (non-hydrogen) atoms. The van der Waals surface area contributed by atoms with Gasteiger partial charge in [-0.3, -0.25) is 9.59 Å². The van der Waals surface area contributed by atoms with Gasteiger partial charge in [0.25, 0.3) is 0 Å². The molecule has 1 spiro atoms. The van der Waals surface area contributed by atoms with E-state index in [0.717, 1.165) is 11.3 Å². The molecule has 1 saturated heterocycles. The summed E-state index contributed by atoms with van der Waals surface area (Å²) in [5.41, 5.74) is 7.10. The number of nitrogens with two attached hydrogens (primary N) is 1. The first kappa shape index (κ1) is 21.6. The predicted octanol–water partition coefficient (Wildman–Crippen LogP) is 2.84. The Morgan fingerprint density at radius 2 is 1.97 bits per heavy atom. The Morgan fingerprint density at radius 1 is 1.26 bits per heavy atom. The summed E-state index contributed by atoms with van der Waals surface area (Å²) in [6, 6.07) is 9.14. The summed E-state index contributed by atoms with van der Waals surface area (Å²) < 4.78 is 13.9. The molecule has 164 valence electrons. The zero-order valence-corrected chi connectivity index (χ0v) is 18.0. The number of primary amides is 1. The molecule has 2 aliphatic heterocycles. The Balaban J connectivity index is 1.48. The van der Waals surface area contributed by atoms with Crippen molar-refractivity contribution in [1.29, 1.82) is 0 Å². The van der Waals surface area contributed by atoms with Gasteiger partial charge in [-0.25, -0.2) is 4.39 Å². The molecule has 1 atom stereocenters. The van der Waals surface area contributed by atoms with Gasteiger partial charge in [-0.1, -0.05) is 11.6 Å². The van der Waals surface area contributed by atoms with Crippen LogP contribution >= 0.6 is 11.6 Å². The van der Waals surface area contributed by atoms with E-state index in [1.807, 2.05) is 0 Å². The summed E-state index contributed by atoms with van der Waals surface area (Å²) >= 11 is 6.21. The molecule has 2 heterocycles. The van der Waals surface area contributed by atoms with Gasteiger partial charge in [0.05, 0.1) is 11.3 Å². The van der Waals surface area contributed by atoms with Gasteiger partial charge >= 0.3 is 0 Å². The highest BCUT2D eigenvalue weighted by atomic mass is 35.5. The second kappa shape index (κ2) is 8.13. The van der Waals surface area contributed by atoms with Crippen molar-refractivity contribution in [3.05, 3.63) is 58.4 Å². The molecule has 2 aliphatic rings. The highest BCUT2D eigenvalue weighted by molar-refractivity contribution is 6.31. The van der Waals surface area contributed by atoms with Crippen LogP contribution in [0.25, 0.3) is 0 Å². The van der Waals surface area contributed by atoms with E-state index in [-0.39, 0.29) is 17.5 Å². The first-order chi connectivity index (χ1) is 14.7. The number of amides is 2. The molecule has 0 radical (unpaired) electrons. The number of rotatable bonds is 5. The molecule has 0 aromatic heterocycles. The van der Waals surface area contributed by atoms with Crippen LogP contribution in [0.4, 0.5) is 10.1 Å². The minimum absolute atomic E-state index is 0.00857. The van der Waals surface area contributed by atoms with Crippen molar-refractivity contribution < 1.29 is 19.1 Å². The number of anilines is 1. The van der Waals surface area contributed by atoms with Crippen LogP contribution < -0.4 is 10.6 Å². The molecule has 2 aromatic carbocycles. The van der Waals surface area contributed by atoms with E-state index in [9.17, 15) is 19.1 Å². The third kappa shape index (κ3) is 3.88. The van der Waals surface area contributed by atoms with Crippen molar-refractivity contribution in [3.8, 4) is 5.75 Å². The zero-order chi connectivity index (χ0) is 22.3. The molecular formula is C23H25ClFN3O3. The Labute approximate surface area is 185 Å². The number of carbonyl (C=O) groups is 2. The second-order valence-electron chi connectivity index (χ2n) is 8.49. The smallest absolute Gasteiger partial charge is 0.237 e. The third-order valence-electron chi connectivity index (χ3n) is 6.64. The largest absolute Gasteiger partial charge is 0.508 e. The number of halogens is 2. The first-order valence-corrected chi connectivity index (χ1v) is 10.7. The van der Waals surface area contributed by atoms with Gasteiger partial charge in [0.2, 0.25) is 11.8 Å². The molecule has 8 heteroatoms. The first-order valence-electron chi connectivity index (χ1n) is 10.3. The fourth-order valence-corrected chi connectivity index (χ4v) is 5.07. The lowest BCUT2D eigenvalue weighted by atomic mass is 9.73. The standard InChI is InChI=1S/C23H25ClFN3O3/c1-27-20-5-2-16(25)12-18(20)23(22(27)31)6-8-28(9-7-23)13-15(21(26)30)10-14-11-17(29)3-4-19(14)24/h2-5,11-12,15,29H,6-10,13H2,1H3,(H2,26,30). The minimum atomic E-state index is -0.723. The topological polar surface area (TPSA) is 86.9 Å². The van der Waals surface area contributed by atoms with Gasteiger partial charge in [0, 0.05) is 24.3 Å². The van der Waals surface area contributed by atoms with Gasteiger partial charge in [-0.15, -0.1) is 0 Å². The van der Waals surface area contributed by atoms with Gasteiger partial charge in [-0.05, 0) is 79.9 Å². The number of aromatic hydroxyl groups is 1. The molecule has 2 aromatic rings. The van der Waals surface area contributed by atoms with E-state index < -0.39 is 17.2 Å². The number of hydrogen-bond donors (Lipinski definition) is 2. The molecule has 2 amide bonds. The van der Waals surface area contributed by atoms with Crippen molar-refractivity contribution in [2.75, 3.05) is 31.6 Å². The van der Waals surface area contributed by atoms with Crippen LogP contribution in [0.5, 0.6) is 5.75 Å². The molecule has 3 N–H and O–H groups in total. The molecule has 1 fully saturated rings. The average Bonchev–Trinajstić information content (AvgIpc) is 2.93. The summed E-state index contributed by atoms with van der Waals surface area (Å²) in [4.78, 5) is 28.9. The van der Waals surface area contributed by atoms with E-state index >= 15 is 0 Å². The molecule has 6 nitrogen and oxygen atoms in total. The number of likely N-dealkylation sites (tertiary alicyclic amines) is 1. The van der Waals surface area contributed by atoms with Crippen LogP contribution in [0.15, 0.2) is 36.4 Å². The van der Waals surface area contributed by atoms with E-state index in [1.54, 1.807) is 30.1 Å². The molecule has 0 bridgehead atoms. The number of fused-ring (bicyclic) bond motifs is 2. The number of phenolic OH excluding ortho intramolecular Hbond substituents is 1. The molecule has 0 aliphatic carbocycles. The Morgan fingerprint density at radius 3 is 2.65 bits per heavy atom. The monoisotopic (exact) mass is 445 g/mol. The summed E-state index contributed by atoms with van der Waals surface area (Å²) in [5.74, 6) is -1.20. The lowest BCUT2D eigenvalue weighted by Crippen LogP contribution is -2.50. The molecular weight excluding hydrogens is 421 g/mol. The van der Waals surface area contributed by atoms with Crippen molar-refractivity contribution in [3.63, 3.8) is 0 Å². The van der Waals surface area contributed by atoms with Crippen molar-refractivity contribution >= 4 is 29.1 Å². The number of carbonyl (C=O) groups excluding carboxylic acids is 2. The fraction of sp³-hybridized carbons (Fsp3) is 0.391. The normalized spacial score (nSPS) is 18.9. The predicted molar refractivity (Wildman–Crippen MR) is 117 cm³/mol. The van der Waals surface area contributed by atoms with Crippen LogP contribution in [-0.2, 0) is 21.4 Å². The number of likely N-dealkylation sites (N-methyl/N-ethyl adjacent to an activating group) is 1. The number of benzene rings is 2. The molecule has 4 rings (SSSR count). The summed E-state index contributed by atoms with van der Waals surface area (Å²) in [6.07, 6.45) is 1.41. The Hall–Kier alpha value is -2.64. The minimum Gasteiger partial charge on any atom is -0.508 e. The highest BCUT2D eigenvalue weighted by Gasteiger charge is 2.51. The number of piperidine rings is 1. The number of nitrogens with zero attached hydrogens (tertiary/aromatic N) is 2. The van der Waals surface area contributed by atoms with Gasteiger partial charge in [0.15, 0.2) is 0 Å².